The number of morpholine rings is 1. The van der Waals surface area contributed by atoms with Gasteiger partial charge in [-0.05, 0) is 24.6 Å². The molecular formula is C17H18ClN5O2. The van der Waals surface area contributed by atoms with Crippen LogP contribution in [-0.4, -0.2) is 46.7 Å². The van der Waals surface area contributed by atoms with Gasteiger partial charge in [-0.25, -0.2) is 9.98 Å². The summed E-state index contributed by atoms with van der Waals surface area (Å²) in [6.07, 6.45) is -0.480. The summed E-state index contributed by atoms with van der Waals surface area (Å²) in [6.45, 7) is 4.60. The Hall–Kier alpha value is -2.38. The van der Waals surface area contributed by atoms with Crippen LogP contribution < -0.4 is 10.9 Å². The van der Waals surface area contributed by atoms with Gasteiger partial charge in [-0.1, -0.05) is 23.7 Å². The molecule has 130 valence electrons. The van der Waals surface area contributed by atoms with Crippen molar-refractivity contribution < 1.29 is 4.74 Å². The first-order valence-corrected chi connectivity index (χ1v) is 8.53. The van der Waals surface area contributed by atoms with E-state index in [9.17, 15) is 4.79 Å². The molecule has 0 amide bonds. The van der Waals surface area contributed by atoms with E-state index in [2.05, 4.69) is 15.2 Å². The van der Waals surface area contributed by atoms with E-state index in [-0.39, 0.29) is 5.56 Å². The van der Waals surface area contributed by atoms with E-state index >= 15 is 0 Å². The third kappa shape index (κ3) is 3.12. The molecule has 1 aromatic heterocycles. The van der Waals surface area contributed by atoms with Crippen molar-refractivity contribution in [2.24, 2.45) is 4.99 Å². The monoisotopic (exact) mass is 359 g/mol. The van der Waals surface area contributed by atoms with Crippen LogP contribution in [0.1, 0.15) is 17.4 Å². The molecule has 1 atom stereocenters. The van der Waals surface area contributed by atoms with Crippen LogP contribution >= 0.6 is 11.6 Å². The zero-order valence-corrected chi connectivity index (χ0v) is 14.5. The summed E-state index contributed by atoms with van der Waals surface area (Å²) in [5, 5.41) is 3.85. The minimum atomic E-state index is -0.480. The van der Waals surface area contributed by atoms with Gasteiger partial charge in [-0.15, -0.1) is 0 Å². The standard InChI is InChI=1S/C17H18ClN5O2/c1-11-10-14(24)23-15(12-2-4-13(18)5-3-12)20-16(21-17(23)19-11)22-6-8-25-9-7-22/h2-5,10,15H,6-9H2,1H3,(H,19,20,21). The number of rotatable bonds is 1. The number of guanidine groups is 1. The summed E-state index contributed by atoms with van der Waals surface area (Å²) in [6, 6.07) is 8.89. The number of nitrogens with one attached hydrogen (secondary N) is 1. The lowest BCUT2D eigenvalue weighted by Crippen LogP contribution is -2.47. The number of anilines is 1. The molecule has 0 bridgehead atoms. The van der Waals surface area contributed by atoms with Crippen LogP contribution in [0.2, 0.25) is 5.02 Å². The first-order valence-electron chi connectivity index (χ1n) is 8.15. The maximum absolute atomic E-state index is 12.6. The molecule has 2 aliphatic heterocycles. The number of aromatic nitrogens is 2. The fourth-order valence-corrected chi connectivity index (χ4v) is 3.16. The SMILES string of the molecule is Cc1cc(=O)n2c(n1)NC(N1CCOCC1)=NC2c1ccc(Cl)cc1. The van der Waals surface area contributed by atoms with Crippen LogP contribution in [-0.2, 0) is 4.74 Å². The lowest BCUT2D eigenvalue weighted by molar-refractivity contribution is 0.0675. The van der Waals surface area contributed by atoms with E-state index in [1.165, 1.54) is 6.07 Å². The summed E-state index contributed by atoms with van der Waals surface area (Å²) in [5.74, 6) is 1.21. The highest BCUT2D eigenvalue weighted by Gasteiger charge is 2.28. The molecule has 25 heavy (non-hydrogen) atoms. The Kier molecular flexibility index (Phi) is 4.19. The molecule has 0 radical (unpaired) electrons. The predicted molar refractivity (Wildman–Crippen MR) is 96.3 cm³/mol. The van der Waals surface area contributed by atoms with Crippen LogP contribution in [0.5, 0.6) is 0 Å². The van der Waals surface area contributed by atoms with Crippen LogP contribution in [0, 0.1) is 6.92 Å². The van der Waals surface area contributed by atoms with Crippen molar-refractivity contribution in [3.63, 3.8) is 0 Å². The maximum atomic E-state index is 12.6. The largest absolute Gasteiger partial charge is 0.378 e. The Morgan fingerprint density at radius 3 is 2.68 bits per heavy atom. The molecule has 4 rings (SSSR count). The topological polar surface area (TPSA) is 71.8 Å². The molecule has 3 heterocycles. The second-order valence-electron chi connectivity index (χ2n) is 6.03. The van der Waals surface area contributed by atoms with Gasteiger partial charge in [0.1, 0.15) is 0 Å². The number of hydrogen-bond acceptors (Lipinski definition) is 6. The summed E-state index contributed by atoms with van der Waals surface area (Å²) in [7, 11) is 0. The van der Waals surface area contributed by atoms with E-state index in [1.54, 1.807) is 23.6 Å². The number of aryl methyl sites for hydroxylation is 1. The molecule has 0 saturated carbocycles. The van der Waals surface area contributed by atoms with Crippen LogP contribution in [0.4, 0.5) is 5.95 Å². The zero-order valence-electron chi connectivity index (χ0n) is 13.8. The normalized spacial score (nSPS) is 19.8. The first-order chi connectivity index (χ1) is 12.1. The molecule has 1 saturated heterocycles. The van der Waals surface area contributed by atoms with Crippen LogP contribution in [0.25, 0.3) is 0 Å². The highest BCUT2D eigenvalue weighted by molar-refractivity contribution is 6.30. The Balaban J connectivity index is 1.82. The Bertz CT molecular complexity index is 872. The number of halogens is 1. The number of nitrogens with zero attached hydrogens (tertiary/aromatic N) is 4. The average molecular weight is 360 g/mol. The molecule has 8 heteroatoms. The van der Waals surface area contributed by atoms with E-state index in [4.69, 9.17) is 21.3 Å². The van der Waals surface area contributed by atoms with Gasteiger partial charge in [-0.2, -0.15) is 0 Å². The highest BCUT2D eigenvalue weighted by Crippen LogP contribution is 2.27. The predicted octanol–water partition coefficient (Wildman–Crippen LogP) is 1.87. The number of ether oxygens (including phenoxy) is 1. The molecule has 1 N–H and O–H groups in total. The van der Waals surface area contributed by atoms with Gasteiger partial charge in [0.15, 0.2) is 6.17 Å². The Morgan fingerprint density at radius 1 is 1.24 bits per heavy atom. The van der Waals surface area contributed by atoms with Gasteiger partial charge in [0.25, 0.3) is 5.56 Å². The van der Waals surface area contributed by atoms with E-state index in [0.717, 1.165) is 18.7 Å². The van der Waals surface area contributed by atoms with Gasteiger partial charge >= 0.3 is 0 Å². The second kappa shape index (κ2) is 6.50. The Morgan fingerprint density at radius 2 is 1.96 bits per heavy atom. The molecule has 0 aliphatic carbocycles. The lowest BCUT2D eigenvalue weighted by atomic mass is 10.1. The molecule has 7 nitrogen and oxygen atoms in total. The minimum absolute atomic E-state index is 0.139. The van der Waals surface area contributed by atoms with Gasteiger partial charge in [0.05, 0.1) is 13.2 Å². The zero-order chi connectivity index (χ0) is 17.4. The molecule has 2 aliphatic rings. The van der Waals surface area contributed by atoms with Crippen molar-refractivity contribution in [2.45, 2.75) is 13.1 Å². The van der Waals surface area contributed by atoms with Crippen molar-refractivity contribution in [1.82, 2.24) is 14.5 Å². The third-order valence-electron chi connectivity index (χ3n) is 4.27. The molecule has 0 spiro atoms. The van der Waals surface area contributed by atoms with E-state index < -0.39 is 6.17 Å². The summed E-state index contributed by atoms with van der Waals surface area (Å²) in [5.41, 5.74) is 1.41. The first kappa shape index (κ1) is 16.1. The van der Waals surface area contributed by atoms with Crippen molar-refractivity contribution in [3.8, 4) is 0 Å². The summed E-state index contributed by atoms with van der Waals surface area (Å²) in [4.78, 5) is 24.0. The average Bonchev–Trinajstić information content (AvgIpc) is 2.62. The smallest absolute Gasteiger partial charge is 0.257 e. The fourth-order valence-electron chi connectivity index (χ4n) is 3.03. The second-order valence-corrected chi connectivity index (χ2v) is 6.47. The third-order valence-corrected chi connectivity index (χ3v) is 4.52. The summed E-state index contributed by atoms with van der Waals surface area (Å²) < 4.78 is 6.98. The molecule has 1 unspecified atom stereocenters. The minimum Gasteiger partial charge on any atom is -0.378 e. The van der Waals surface area contributed by atoms with Crippen LogP contribution in [0.15, 0.2) is 40.1 Å². The fraction of sp³-hybridized carbons (Fsp3) is 0.353. The van der Waals surface area contributed by atoms with E-state index in [0.29, 0.717) is 35.8 Å². The quantitative estimate of drug-likeness (QED) is 0.841. The molecule has 2 aromatic rings. The lowest BCUT2D eigenvalue weighted by Gasteiger charge is -2.34. The number of hydrogen-bond donors (Lipinski definition) is 1. The van der Waals surface area contributed by atoms with Crippen molar-refractivity contribution in [1.29, 1.82) is 0 Å². The van der Waals surface area contributed by atoms with Crippen LogP contribution in [0.3, 0.4) is 0 Å². The number of benzene rings is 1. The van der Waals surface area contributed by atoms with Gasteiger partial charge < -0.3 is 9.64 Å². The van der Waals surface area contributed by atoms with Gasteiger partial charge in [0.2, 0.25) is 11.9 Å². The molecule has 1 aromatic carbocycles. The van der Waals surface area contributed by atoms with Gasteiger partial charge in [-0.3, -0.25) is 14.7 Å². The maximum Gasteiger partial charge on any atom is 0.257 e. The molecular weight excluding hydrogens is 342 g/mol. The Labute approximate surface area is 149 Å². The van der Waals surface area contributed by atoms with Crippen molar-refractivity contribution >= 4 is 23.5 Å². The van der Waals surface area contributed by atoms with Gasteiger partial charge in [0, 0.05) is 29.9 Å². The number of aliphatic imine (C=N–C) groups is 1. The van der Waals surface area contributed by atoms with Crippen molar-refractivity contribution in [2.75, 3.05) is 31.6 Å². The molecule has 1 fully saturated rings. The van der Waals surface area contributed by atoms with E-state index in [1.807, 2.05) is 12.1 Å². The summed E-state index contributed by atoms with van der Waals surface area (Å²) >= 11 is 6.00. The highest BCUT2D eigenvalue weighted by atomic mass is 35.5. The van der Waals surface area contributed by atoms with Crippen molar-refractivity contribution in [3.05, 3.63) is 57.0 Å². The number of fused-ring (bicyclic) bond motifs is 1.